The molecule has 2 aliphatic heterocycles. The van der Waals surface area contributed by atoms with Gasteiger partial charge in [-0.1, -0.05) is 18.2 Å². The summed E-state index contributed by atoms with van der Waals surface area (Å²) in [6, 6.07) is 8.49. The van der Waals surface area contributed by atoms with Crippen LogP contribution in [-0.2, 0) is 11.2 Å². The summed E-state index contributed by atoms with van der Waals surface area (Å²) in [6.07, 6.45) is 2.76. The standard InChI is InChI=1S/C18H26N2O2/c1-13(2)20-9-5-6-14(12-20)11-19-18(21)17-10-15-7-3-4-8-16(15)22-17/h3-4,7-8,13-14,17H,5-6,9-12H2,1-2H3,(H,19,21). The van der Waals surface area contributed by atoms with Gasteiger partial charge in [-0.25, -0.2) is 0 Å². The van der Waals surface area contributed by atoms with Crippen molar-refractivity contribution >= 4 is 5.91 Å². The Hall–Kier alpha value is -1.55. The van der Waals surface area contributed by atoms with E-state index in [1.165, 1.54) is 19.4 Å². The van der Waals surface area contributed by atoms with E-state index in [1.54, 1.807) is 0 Å². The smallest absolute Gasteiger partial charge is 0.261 e. The maximum absolute atomic E-state index is 12.3. The van der Waals surface area contributed by atoms with Crippen molar-refractivity contribution in [2.24, 2.45) is 5.92 Å². The monoisotopic (exact) mass is 302 g/mol. The van der Waals surface area contributed by atoms with Gasteiger partial charge in [0.05, 0.1) is 0 Å². The molecule has 4 nitrogen and oxygen atoms in total. The molecule has 1 aromatic rings. The zero-order valence-electron chi connectivity index (χ0n) is 13.5. The molecule has 0 aromatic heterocycles. The van der Waals surface area contributed by atoms with Gasteiger partial charge < -0.3 is 15.0 Å². The van der Waals surface area contributed by atoms with Crippen molar-refractivity contribution in [1.29, 1.82) is 0 Å². The number of hydrogen-bond acceptors (Lipinski definition) is 3. The molecule has 0 radical (unpaired) electrons. The third kappa shape index (κ3) is 3.43. The first-order valence-electron chi connectivity index (χ1n) is 8.40. The third-order valence-electron chi connectivity index (χ3n) is 4.79. The van der Waals surface area contributed by atoms with Gasteiger partial charge in [0.15, 0.2) is 6.10 Å². The molecule has 22 heavy (non-hydrogen) atoms. The molecule has 0 spiro atoms. The highest BCUT2D eigenvalue weighted by Gasteiger charge is 2.29. The Morgan fingerprint density at radius 2 is 2.23 bits per heavy atom. The number of likely N-dealkylation sites (tertiary alicyclic amines) is 1. The zero-order chi connectivity index (χ0) is 15.5. The van der Waals surface area contributed by atoms with E-state index in [0.717, 1.165) is 24.4 Å². The van der Waals surface area contributed by atoms with E-state index in [4.69, 9.17) is 4.74 Å². The molecule has 1 fully saturated rings. The summed E-state index contributed by atoms with van der Waals surface area (Å²) >= 11 is 0. The highest BCUT2D eigenvalue weighted by molar-refractivity contribution is 5.82. The Morgan fingerprint density at radius 3 is 3.00 bits per heavy atom. The molecular formula is C18H26N2O2. The Morgan fingerprint density at radius 1 is 1.41 bits per heavy atom. The first-order chi connectivity index (χ1) is 10.6. The molecule has 0 aliphatic carbocycles. The maximum atomic E-state index is 12.3. The molecule has 1 N–H and O–H groups in total. The third-order valence-corrected chi connectivity index (χ3v) is 4.79. The lowest BCUT2D eigenvalue weighted by Gasteiger charge is -2.35. The van der Waals surface area contributed by atoms with Crippen molar-refractivity contribution in [3.8, 4) is 5.75 Å². The number of carbonyl (C=O) groups excluding carboxylic acids is 1. The van der Waals surface area contributed by atoms with Gasteiger partial charge in [0.25, 0.3) is 5.91 Å². The molecule has 1 aromatic carbocycles. The quantitative estimate of drug-likeness (QED) is 0.927. The predicted molar refractivity (Wildman–Crippen MR) is 87.0 cm³/mol. The first-order valence-corrected chi connectivity index (χ1v) is 8.40. The summed E-state index contributed by atoms with van der Waals surface area (Å²) in [5.74, 6) is 1.44. The van der Waals surface area contributed by atoms with Crippen LogP contribution in [0, 0.1) is 5.92 Å². The van der Waals surface area contributed by atoms with Gasteiger partial charge in [0.1, 0.15) is 5.75 Å². The number of amides is 1. The van der Waals surface area contributed by atoms with Crippen LogP contribution < -0.4 is 10.1 Å². The predicted octanol–water partition coefficient (Wildman–Crippen LogP) is 2.23. The van der Waals surface area contributed by atoms with Crippen molar-refractivity contribution in [3.05, 3.63) is 29.8 Å². The lowest BCUT2D eigenvalue weighted by Crippen LogP contribution is -2.46. The molecular weight excluding hydrogens is 276 g/mol. The molecule has 2 aliphatic rings. The lowest BCUT2D eigenvalue weighted by molar-refractivity contribution is -0.127. The van der Waals surface area contributed by atoms with Crippen LogP contribution in [0.3, 0.4) is 0 Å². The maximum Gasteiger partial charge on any atom is 0.261 e. The minimum Gasteiger partial charge on any atom is -0.480 e. The number of carbonyl (C=O) groups is 1. The molecule has 0 bridgehead atoms. The molecule has 2 atom stereocenters. The number of piperidine rings is 1. The Labute approximate surface area is 132 Å². The topological polar surface area (TPSA) is 41.6 Å². The van der Waals surface area contributed by atoms with Gasteiger partial charge in [-0.2, -0.15) is 0 Å². The molecule has 2 unspecified atom stereocenters. The summed E-state index contributed by atoms with van der Waals surface area (Å²) in [6.45, 7) is 7.51. The second-order valence-corrected chi connectivity index (χ2v) is 6.76. The van der Waals surface area contributed by atoms with E-state index in [2.05, 4.69) is 24.1 Å². The number of rotatable bonds is 4. The Balaban J connectivity index is 1.47. The van der Waals surface area contributed by atoms with Crippen LogP contribution in [0.25, 0.3) is 0 Å². The number of nitrogens with one attached hydrogen (secondary N) is 1. The molecule has 0 saturated carbocycles. The SMILES string of the molecule is CC(C)N1CCCC(CNC(=O)C2Cc3ccccc3O2)C1. The van der Waals surface area contributed by atoms with Crippen molar-refractivity contribution in [2.45, 2.75) is 45.3 Å². The van der Waals surface area contributed by atoms with Gasteiger partial charge >= 0.3 is 0 Å². The number of para-hydroxylation sites is 1. The Bertz CT molecular complexity index is 505. The molecule has 2 heterocycles. The van der Waals surface area contributed by atoms with Gasteiger partial charge in [0, 0.05) is 25.6 Å². The molecule has 4 heteroatoms. The fourth-order valence-corrected chi connectivity index (χ4v) is 3.42. The van der Waals surface area contributed by atoms with Crippen LogP contribution in [0.5, 0.6) is 5.75 Å². The second-order valence-electron chi connectivity index (χ2n) is 6.76. The highest BCUT2D eigenvalue weighted by atomic mass is 16.5. The second kappa shape index (κ2) is 6.69. The van der Waals surface area contributed by atoms with Crippen LogP contribution in [0.15, 0.2) is 24.3 Å². The van der Waals surface area contributed by atoms with Crippen molar-refractivity contribution in [1.82, 2.24) is 10.2 Å². The van der Waals surface area contributed by atoms with Crippen molar-refractivity contribution in [3.63, 3.8) is 0 Å². The van der Waals surface area contributed by atoms with Crippen LogP contribution >= 0.6 is 0 Å². The van der Waals surface area contributed by atoms with E-state index in [1.807, 2.05) is 24.3 Å². The summed E-state index contributed by atoms with van der Waals surface area (Å²) in [4.78, 5) is 14.8. The largest absolute Gasteiger partial charge is 0.480 e. The number of hydrogen-bond donors (Lipinski definition) is 1. The highest BCUT2D eigenvalue weighted by Crippen LogP contribution is 2.28. The van der Waals surface area contributed by atoms with Crippen LogP contribution in [-0.4, -0.2) is 42.6 Å². The van der Waals surface area contributed by atoms with Gasteiger partial charge in [0.2, 0.25) is 0 Å². The molecule has 120 valence electrons. The summed E-state index contributed by atoms with van der Waals surface area (Å²) in [5, 5.41) is 3.10. The van der Waals surface area contributed by atoms with E-state index in [-0.39, 0.29) is 12.0 Å². The van der Waals surface area contributed by atoms with Gasteiger partial charge in [-0.3, -0.25) is 4.79 Å². The summed E-state index contributed by atoms with van der Waals surface area (Å²) < 4.78 is 5.75. The van der Waals surface area contributed by atoms with E-state index in [9.17, 15) is 4.79 Å². The summed E-state index contributed by atoms with van der Waals surface area (Å²) in [5.41, 5.74) is 1.13. The summed E-state index contributed by atoms with van der Waals surface area (Å²) in [7, 11) is 0. The van der Waals surface area contributed by atoms with E-state index < -0.39 is 0 Å². The van der Waals surface area contributed by atoms with Crippen molar-refractivity contribution in [2.75, 3.05) is 19.6 Å². The zero-order valence-corrected chi connectivity index (χ0v) is 13.5. The lowest BCUT2D eigenvalue weighted by atomic mass is 9.97. The van der Waals surface area contributed by atoms with Gasteiger partial charge in [-0.15, -0.1) is 0 Å². The minimum atomic E-state index is -0.359. The molecule has 1 saturated heterocycles. The fraction of sp³-hybridized carbons (Fsp3) is 0.611. The van der Waals surface area contributed by atoms with E-state index >= 15 is 0 Å². The number of benzene rings is 1. The number of ether oxygens (including phenoxy) is 1. The average Bonchev–Trinajstić information content (AvgIpc) is 2.97. The number of fused-ring (bicyclic) bond motifs is 1. The normalized spacial score (nSPS) is 24.9. The first kappa shape index (κ1) is 15.3. The van der Waals surface area contributed by atoms with Crippen molar-refractivity contribution < 1.29 is 9.53 Å². The molecule has 1 amide bonds. The van der Waals surface area contributed by atoms with E-state index in [0.29, 0.717) is 18.4 Å². The minimum absolute atomic E-state index is 0.0258. The Kier molecular flexibility index (Phi) is 4.67. The molecule has 3 rings (SSSR count). The van der Waals surface area contributed by atoms with Gasteiger partial charge in [-0.05, 0) is 50.8 Å². The fourth-order valence-electron chi connectivity index (χ4n) is 3.42. The number of nitrogens with zero attached hydrogens (tertiary/aromatic N) is 1. The van der Waals surface area contributed by atoms with Crippen LogP contribution in [0.2, 0.25) is 0 Å². The van der Waals surface area contributed by atoms with Crippen LogP contribution in [0.1, 0.15) is 32.3 Å². The van der Waals surface area contributed by atoms with Crippen LogP contribution in [0.4, 0.5) is 0 Å². The average molecular weight is 302 g/mol.